The Labute approximate surface area is 160 Å². The molecule has 4 rings (SSSR count). The predicted octanol–water partition coefficient (Wildman–Crippen LogP) is 3.20. The molecule has 2 heterocycles. The highest BCUT2D eigenvalue weighted by atomic mass is 32.2. The number of carbonyl (C=O) groups excluding carboxylic acids is 1. The minimum atomic E-state index is -3.27. The molecular weight excluding hydrogens is 360 g/mol. The van der Waals surface area contributed by atoms with Gasteiger partial charge >= 0.3 is 0 Å². The van der Waals surface area contributed by atoms with Gasteiger partial charge in [-0.3, -0.25) is 4.79 Å². The lowest BCUT2D eigenvalue weighted by Gasteiger charge is -2.23. The quantitative estimate of drug-likeness (QED) is 0.813. The average molecular weight is 385 g/mol. The molecule has 0 unspecified atom stereocenters. The lowest BCUT2D eigenvalue weighted by Crippen LogP contribution is -2.35. The van der Waals surface area contributed by atoms with Crippen LogP contribution in [0, 0.1) is 0 Å². The van der Waals surface area contributed by atoms with Crippen LogP contribution in [0.5, 0.6) is 0 Å². The Morgan fingerprint density at radius 1 is 1.04 bits per heavy atom. The molecule has 0 aliphatic carbocycles. The van der Waals surface area contributed by atoms with Gasteiger partial charge in [-0.15, -0.1) is 0 Å². The Hall–Kier alpha value is -2.18. The number of carbonyl (C=O) groups is 1. The average Bonchev–Trinajstić information content (AvgIpc) is 3.29. The zero-order valence-electron chi connectivity index (χ0n) is 15.5. The van der Waals surface area contributed by atoms with Crippen LogP contribution in [0.2, 0.25) is 0 Å². The summed E-state index contributed by atoms with van der Waals surface area (Å²) in [6.07, 6.45) is 2.72. The molecule has 5 nitrogen and oxygen atoms in total. The molecule has 1 fully saturated rings. The fourth-order valence-electron chi connectivity index (χ4n) is 4.03. The van der Waals surface area contributed by atoms with Crippen LogP contribution in [0.1, 0.15) is 41.3 Å². The normalized spacial score (nSPS) is 20.0. The molecule has 1 atom stereocenters. The van der Waals surface area contributed by atoms with Crippen LogP contribution in [0.3, 0.4) is 0 Å². The number of amides is 1. The van der Waals surface area contributed by atoms with Gasteiger partial charge in [0.25, 0.3) is 5.91 Å². The lowest BCUT2D eigenvalue weighted by atomic mass is 10.1. The fourth-order valence-corrected chi connectivity index (χ4v) is 5.64. The number of hydrogen-bond acceptors (Lipinski definition) is 3. The second-order valence-corrected chi connectivity index (χ2v) is 9.39. The Morgan fingerprint density at radius 2 is 1.70 bits per heavy atom. The summed E-state index contributed by atoms with van der Waals surface area (Å²) in [6.45, 7) is 3.28. The number of anilines is 1. The van der Waals surface area contributed by atoms with E-state index in [1.165, 1.54) is 5.56 Å². The van der Waals surface area contributed by atoms with Crippen LogP contribution < -0.4 is 4.90 Å². The minimum absolute atomic E-state index is 0.00950. The molecule has 2 aliphatic heterocycles. The van der Waals surface area contributed by atoms with Gasteiger partial charge in [0.2, 0.25) is 10.0 Å². The van der Waals surface area contributed by atoms with Gasteiger partial charge in [-0.1, -0.05) is 30.3 Å². The molecular formula is C21H24N2O3S. The Balaban J connectivity index is 1.52. The van der Waals surface area contributed by atoms with Crippen LogP contribution in [-0.4, -0.2) is 37.8 Å². The van der Waals surface area contributed by atoms with Crippen LogP contribution in [0.4, 0.5) is 5.69 Å². The van der Waals surface area contributed by atoms with Crippen molar-refractivity contribution in [1.82, 2.24) is 4.31 Å². The van der Waals surface area contributed by atoms with E-state index in [0.29, 0.717) is 24.2 Å². The van der Waals surface area contributed by atoms with Gasteiger partial charge in [-0.2, -0.15) is 0 Å². The molecule has 2 aromatic carbocycles. The first-order chi connectivity index (χ1) is 13.0. The highest BCUT2D eigenvalue weighted by Crippen LogP contribution is 2.33. The monoisotopic (exact) mass is 384 g/mol. The molecule has 1 amide bonds. The molecule has 1 saturated heterocycles. The number of hydrogen-bond donors (Lipinski definition) is 0. The summed E-state index contributed by atoms with van der Waals surface area (Å²) in [5.74, 6) is -0.0499. The van der Waals surface area contributed by atoms with Crippen molar-refractivity contribution in [3.63, 3.8) is 0 Å². The van der Waals surface area contributed by atoms with Gasteiger partial charge in [0.1, 0.15) is 0 Å². The number of para-hydroxylation sites is 1. The van der Waals surface area contributed by atoms with Gasteiger partial charge in [0, 0.05) is 30.4 Å². The number of nitrogens with zero attached hydrogens (tertiary/aromatic N) is 2. The first-order valence-electron chi connectivity index (χ1n) is 9.44. The summed E-state index contributed by atoms with van der Waals surface area (Å²) < 4.78 is 26.5. The van der Waals surface area contributed by atoms with Crippen molar-refractivity contribution in [2.75, 3.05) is 18.0 Å². The third kappa shape index (κ3) is 3.51. The van der Waals surface area contributed by atoms with Gasteiger partial charge in [-0.05, 0) is 55.5 Å². The van der Waals surface area contributed by atoms with E-state index in [0.717, 1.165) is 24.9 Å². The van der Waals surface area contributed by atoms with E-state index in [2.05, 4.69) is 13.0 Å². The third-order valence-electron chi connectivity index (χ3n) is 5.43. The molecule has 2 aromatic rings. The molecule has 0 aromatic heterocycles. The van der Waals surface area contributed by atoms with E-state index >= 15 is 0 Å². The van der Waals surface area contributed by atoms with E-state index in [1.54, 1.807) is 28.6 Å². The summed E-state index contributed by atoms with van der Waals surface area (Å²) in [5, 5.41) is 0. The molecule has 142 valence electrons. The van der Waals surface area contributed by atoms with Crippen molar-refractivity contribution in [3.8, 4) is 0 Å². The van der Waals surface area contributed by atoms with Crippen LogP contribution >= 0.6 is 0 Å². The Morgan fingerprint density at radius 3 is 2.41 bits per heavy atom. The number of fused-ring (bicyclic) bond motifs is 1. The molecule has 0 saturated carbocycles. The van der Waals surface area contributed by atoms with E-state index in [9.17, 15) is 13.2 Å². The first kappa shape index (κ1) is 18.2. The van der Waals surface area contributed by atoms with Gasteiger partial charge in [0.15, 0.2) is 0 Å². The van der Waals surface area contributed by atoms with Crippen molar-refractivity contribution >= 4 is 21.6 Å². The zero-order valence-corrected chi connectivity index (χ0v) is 16.3. The zero-order chi connectivity index (χ0) is 19.0. The first-order valence-corrected chi connectivity index (χ1v) is 11.0. The van der Waals surface area contributed by atoms with Crippen LogP contribution in [0.25, 0.3) is 0 Å². The van der Waals surface area contributed by atoms with Crippen molar-refractivity contribution in [2.24, 2.45) is 0 Å². The summed E-state index contributed by atoms with van der Waals surface area (Å²) >= 11 is 0. The molecule has 27 heavy (non-hydrogen) atoms. The SMILES string of the molecule is C[C@@H]1Cc2ccccc2N1C(=O)c1ccc(CS(=O)(=O)N2CCCC2)cc1. The Bertz CT molecular complexity index is 948. The standard InChI is InChI=1S/C21H24N2O3S/c1-16-14-19-6-2-3-7-20(19)23(16)21(24)18-10-8-17(9-11-18)15-27(25,26)22-12-4-5-13-22/h2-3,6-11,16H,4-5,12-15H2,1H3/t16-/m1/s1. The molecule has 6 heteroatoms. The summed E-state index contributed by atoms with van der Waals surface area (Å²) in [7, 11) is -3.27. The van der Waals surface area contributed by atoms with Gasteiger partial charge in [0.05, 0.1) is 5.75 Å². The molecule has 0 spiro atoms. The van der Waals surface area contributed by atoms with Crippen molar-refractivity contribution in [1.29, 1.82) is 0 Å². The smallest absolute Gasteiger partial charge is 0.258 e. The predicted molar refractivity (Wildman–Crippen MR) is 106 cm³/mol. The second kappa shape index (κ2) is 7.09. The largest absolute Gasteiger partial charge is 0.305 e. The van der Waals surface area contributed by atoms with Crippen LogP contribution in [0.15, 0.2) is 48.5 Å². The van der Waals surface area contributed by atoms with E-state index in [4.69, 9.17) is 0 Å². The maximum absolute atomic E-state index is 13.0. The molecule has 0 radical (unpaired) electrons. The maximum Gasteiger partial charge on any atom is 0.258 e. The Kier molecular flexibility index (Phi) is 4.78. The highest BCUT2D eigenvalue weighted by molar-refractivity contribution is 7.88. The number of rotatable bonds is 4. The number of benzene rings is 2. The lowest BCUT2D eigenvalue weighted by molar-refractivity contribution is 0.0981. The van der Waals surface area contributed by atoms with E-state index < -0.39 is 10.0 Å². The number of sulfonamides is 1. The molecule has 2 aliphatic rings. The topological polar surface area (TPSA) is 57.7 Å². The van der Waals surface area contributed by atoms with Crippen molar-refractivity contribution in [2.45, 2.75) is 38.0 Å². The van der Waals surface area contributed by atoms with Crippen molar-refractivity contribution in [3.05, 3.63) is 65.2 Å². The maximum atomic E-state index is 13.0. The minimum Gasteiger partial charge on any atom is -0.305 e. The van der Waals surface area contributed by atoms with Crippen molar-refractivity contribution < 1.29 is 13.2 Å². The second-order valence-electron chi connectivity index (χ2n) is 7.42. The van der Waals surface area contributed by atoms with E-state index in [1.807, 2.05) is 23.1 Å². The molecule has 0 bridgehead atoms. The third-order valence-corrected chi connectivity index (χ3v) is 7.28. The fraction of sp³-hybridized carbons (Fsp3) is 0.381. The van der Waals surface area contributed by atoms with Gasteiger partial charge < -0.3 is 4.90 Å². The summed E-state index contributed by atoms with van der Waals surface area (Å²) in [5.41, 5.74) is 3.46. The molecule has 0 N–H and O–H groups in total. The summed E-state index contributed by atoms with van der Waals surface area (Å²) in [4.78, 5) is 14.9. The van der Waals surface area contributed by atoms with Crippen LogP contribution in [-0.2, 0) is 22.2 Å². The summed E-state index contributed by atoms with van der Waals surface area (Å²) in [6, 6.07) is 15.1. The van der Waals surface area contributed by atoms with E-state index in [-0.39, 0.29) is 17.7 Å². The van der Waals surface area contributed by atoms with Gasteiger partial charge in [-0.25, -0.2) is 12.7 Å². The highest BCUT2D eigenvalue weighted by Gasteiger charge is 2.31.